The zero-order chi connectivity index (χ0) is 21.8. The largest absolute Gasteiger partial charge is 0.497 e. The van der Waals surface area contributed by atoms with Crippen molar-refractivity contribution >= 4 is 11.6 Å². The van der Waals surface area contributed by atoms with Crippen molar-refractivity contribution in [3.63, 3.8) is 0 Å². The van der Waals surface area contributed by atoms with E-state index in [2.05, 4.69) is 9.97 Å². The maximum atomic E-state index is 14.2. The Kier molecular flexibility index (Phi) is 6.20. The highest BCUT2D eigenvalue weighted by Crippen LogP contribution is 2.26. The van der Waals surface area contributed by atoms with Gasteiger partial charge in [-0.2, -0.15) is 4.39 Å². The van der Waals surface area contributed by atoms with E-state index in [1.807, 2.05) is 0 Å². The van der Waals surface area contributed by atoms with Crippen molar-refractivity contribution in [2.75, 3.05) is 14.2 Å². The highest BCUT2D eigenvalue weighted by Gasteiger charge is 2.15. The molecule has 0 spiro atoms. The Hall–Kier alpha value is -3.61. The van der Waals surface area contributed by atoms with Gasteiger partial charge in [0.25, 0.3) is 0 Å². The molecule has 0 fully saturated rings. The fourth-order valence-corrected chi connectivity index (χ4v) is 3.04. The summed E-state index contributed by atoms with van der Waals surface area (Å²) in [6.07, 6.45) is 1.69. The summed E-state index contributed by atoms with van der Waals surface area (Å²) in [4.78, 5) is 32.5. The molecule has 0 saturated carbocycles. The summed E-state index contributed by atoms with van der Waals surface area (Å²) < 4.78 is 24.6. The van der Waals surface area contributed by atoms with E-state index in [1.54, 1.807) is 43.5 Å². The molecule has 0 aliphatic heterocycles. The molecule has 0 N–H and O–H groups in total. The van der Waals surface area contributed by atoms with E-state index in [9.17, 15) is 14.0 Å². The first kappa shape index (κ1) is 21.1. The lowest BCUT2D eigenvalue weighted by Gasteiger charge is -2.10. The summed E-state index contributed by atoms with van der Waals surface area (Å²) in [7, 11) is 3.03. The van der Waals surface area contributed by atoms with Gasteiger partial charge in [0.2, 0.25) is 5.95 Å². The van der Waals surface area contributed by atoms with Gasteiger partial charge >= 0.3 is 0 Å². The number of aromatic nitrogens is 2. The molecule has 2 aromatic heterocycles. The molecule has 154 valence electrons. The summed E-state index contributed by atoms with van der Waals surface area (Å²) in [6, 6.07) is 9.71. The van der Waals surface area contributed by atoms with Gasteiger partial charge in [-0.3, -0.25) is 14.6 Å². The Bertz CT molecular complexity index is 1110. The molecule has 0 bridgehead atoms. The second kappa shape index (κ2) is 8.82. The molecule has 1 aromatic carbocycles. The van der Waals surface area contributed by atoms with Crippen LogP contribution >= 0.6 is 0 Å². The lowest BCUT2D eigenvalue weighted by Crippen LogP contribution is -2.06. The zero-order valence-electron chi connectivity index (χ0n) is 17.2. The highest BCUT2D eigenvalue weighted by atomic mass is 19.1. The molecular formula is C23H21FN2O4. The number of benzene rings is 1. The number of ether oxygens (including phenoxy) is 2. The first-order valence-corrected chi connectivity index (χ1v) is 9.22. The molecule has 7 heteroatoms. The number of hydrogen-bond acceptors (Lipinski definition) is 6. The number of pyridine rings is 2. The highest BCUT2D eigenvalue weighted by molar-refractivity contribution is 5.98. The summed E-state index contributed by atoms with van der Waals surface area (Å²) in [5.41, 5.74) is 2.61. The molecule has 2 heterocycles. The minimum atomic E-state index is -0.829. The molecule has 0 atom stereocenters. The number of rotatable bonds is 7. The van der Waals surface area contributed by atoms with Crippen LogP contribution in [-0.4, -0.2) is 35.8 Å². The van der Waals surface area contributed by atoms with Crippen LogP contribution in [-0.2, 0) is 6.42 Å². The fourth-order valence-electron chi connectivity index (χ4n) is 3.04. The predicted octanol–water partition coefficient (Wildman–Crippen LogP) is 4.24. The monoisotopic (exact) mass is 408 g/mol. The van der Waals surface area contributed by atoms with Crippen LogP contribution < -0.4 is 9.47 Å². The van der Waals surface area contributed by atoms with Gasteiger partial charge in [0, 0.05) is 35.5 Å². The van der Waals surface area contributed by atoms with Gasteiger partial charge in [-0.25, -0.2) is 4.98 Å². The molecule has 0 amide bonds. The molecule has 30 heavy (non-hydrogen) atoms. The van der Waals surface area contributed by atoms with Crippen molar-refractivity contribution < 1.29 is 23.5 Å². The third kappa shape index (κ3) is 4.51. The molecule has 0 aliphatic rings. The standard InChI is InChI=1S/C23H21FN2O4/c1-13-20(21-6-5-19(14(2)27)23(24)26-21)7-15(12-25-13)8-22(28)16-9-17(29-3)11-18(10-16)30-4/h5-7,9-12H,8H2,1-4H3. The predicted molar refractivity (Wildman–Crippen MR) is 110 cm³/mol. The molecule has 3 rings (SSSR count). The van der Waals surface area contributed by atoms with E-state index in [4.69, 9.17) is 9.47 Å². The summed E-state index contributed by atoms with van der Waals surface area (Å²) in [5, 5.41) is 0. The number of halogens is 1. The van der Waals surface area contributed by atoms with E-state index in [0.717, 1.165) is 0 Å². The summed E-state index contributed by atoms with van der Waals surface area (Å²) in [5.74, 6) is -0.329. The average molecular weight is 408 g/mol. The Morgan fingerprint density at radius 1 is 1.03 bits per heavy atom. The van der Waals surface area contributed by atoms with Crippen LogP contribution in [0.1, 0.15) is 38.9 Å². The summed E-state index contributed by atoms with van der Waals surface area (Å²) in [6.45, 7) is 3.05. The van der Waals surface area contributed by atoms with Crippen molar-refractivity contribution in [1.82, 2.24) is 9.97 Å². The average Bonchev–Trinajstić information content (AvgIpc) is 2.74. The van der Waals surface area contributed by atoms with Crippen LogP contribution in [0.15, 0.2) is 42.6 Å². The Balaban J connectivity index is 1.91. The molecule has 0 saturated heterocycles. The van der Waals surface area contributed by atoms with Gasteiger partial charge in [0.1, 0.15) is 11.5 Å². The van der Waals surface area contributed by atoms with E-state index >= 15 is 0 Å². The number of hydrogen-bond donors (Lipinski definition) is 0. The quantitative estimate of drug-likeness (QED) is 0.430. The van der Waals surface area contributed by atoms with Crippen molar-refractivity contribution in [3.05, 3.63) is 70.9 Å². The minimum Gasteiger partial charge on any atom is -0.497 e. The number of Topliss-reactive ketones (excluding diaryl/α,β-unsaturated/α-hetero) is 2. The number of methoxy groups -OCH3 is 2. The van der Waals surface area contributed by atoms with Crippen LogP contribution in [0.2, 0.25) is 0 Å². The SMILES string of the molecule is COc1cc(OC)cc(C(=O)Cc2cnc(C)c(-c3ccc(C(C)=O)c(F)n3)c2)c1. The van der Waals surface area contributed by atoms with E-state index in [1.165, 1.54) is 27.2 Å². The molecule has 0 radical (unpaired) electrons. The number of ketones is 2. The van der Waals surface area contributed by atoms with Crippen LogP contribution in [0.3, 0.4) is 0 Å². The topological polar surface area (TPSA) is 78.4 Å². The second-order valence-electron chi connectivity index (χ2n) is 6.77. The van der Waals surface area contributed by atoms with Crippen molar-refractivity contribution in [2.24, 2.45) is 0 Å². The van der Waals surface area contributed by atoms with Gasteiger partial charge < -0.3 is 9.47 Å². The van der Waals surface area contributed by atoms with E-state index in [-0.39, 0.29) is 17.8 Å². The van der Waals surface area contributed by atoms with E-state index < -0.39 is 11.7 Å². The molecular weight excluding hydrogens is 387 g/mol. The van der Waals surface area contributed by atoms with Gasteiger partial charge in [-0.15, -0.1) is 0 Å². The molecule has 3 aromatic rings. The number of aryl methyl sites for hydroxylation is 1. The van der Waals surface area contributed by atoms with Gasteiger partial charge in [-0.05, 0) is 49.7 Å². The minimum absolute atomic E-state index is 0.0670. The Labute approximate surface area is 173 Å². The summed E-state index contributed by atoms with van der Waals surface area (Å²) >= 11 is 0. The number of carbonyl (C=O) groups excluding carboxylic acids is 2. The lowest BCUT2D eigenvalue weighted by atomic mass is 10.0. The zero-order valence-corrected chi connectivity index (χ0v) is 17.2. The molecule has 6 nitrogen and oxygen atoms in total. The number of nitrogens with zero attached hydrogens (tertiary/aromatic N) is 2. The van der Waals surface area contributed by atoms with Crippen LogP contribution in [0.25, 0.3) is 11.3 Å². The van der Waals surface area contributed by atoms with Crippen LogP contribution in [0, 0.1) is 12.9 Å². The van der Waals surface area contributed by atoms with E-state index in [0.29, 0.717) is 39.6 Å². The van der Waals surface area contributed by atoms with Crippen LogP contribution in [0.4, 0.5) is 4.39 Å². The van der Waals surface area contributed by atoms with Crippen LogP contribution in [0.5, 0.6) is 11.5 Å². The maximum absolute atomic E-state index is 14.2. The molecule has 0 aliphatic carbocycles. The second-order valence-corrected chi connectivity index (χ2v) is 6.77. The van der Waals surface area contributed by atoms with Crippen molar-refractivity contribution in [2.45, 2.75) is 20.3 Å². The number of carbonyl (C=O) groups is 2. The molecule has 0 unspecified atom stereocenters. The maximum Gasteiger partial charge on any atom is 0.224 e. The third-order valence-corrected chi connectivity index (χ3v) is 4.69. The van der Waals surface area contributed by atoms with Crippen molar-refractivity contribution in [3.8, 4) is 22.8 Å². The fraction of sp³-hybridized carbons (Fsp3) is 0.217. The normalized spacial score (nSPS) is 10.6. The Morgan fingerprint density at radius 2 is 1.70 bits per heavy atom. The third-order valence-electron chi connectivity index (χ3n) is 4.69. The first-order valence-electron chi connectivity index (χ1n) is 9.22. The van der Waals surface area contributed by atoms with Gasteiger partial charge in [0.15, 0.2) is 11.6 Å². The van der Waals surface area contributed by atoms with Gasteiger partial charge in [0.05, 0.1) is 25.5 Å². The Morgan fingerprint density at radius 3 is 2.27 bits per heavy atom. The smallest absolute Gasteiger partial charge is 0.224 e. The lowest BCUT2D eigenvalue weighted by molar-refractivity contribution is 0.0988. The van der Waals surface area contributed by atoms with Crippen molar-refractivity contribution in [1.29, 1.82) is 0 Å². The first-order chi connectivity index (χ1) is 14.3. The van der Waals surface area contributed by atoms with Gasteiger partial charge in [-0.1, -0.05) is 0 Å².